The van der Waals surface area contributed by atoms with Crippen LogP contribution in [0.2, 0.25) is 0 Å². The molecular formula is C17H32N2. The van der Waals surface area contributed by atoms with E-state index in [0.717, 1.165) is 17.9 Å². The van der Waals surface area contributed by atoms with Gasteiger partial charge >= 0.3 is 0 Å². The minimum absolute atomic E-state index is 0.643. The molecule has 2 nitrogen and oxygen atoms in total. The summed E-state index contributed by atoms with van der Waals surface area (Å²) >= 11 is 0. The fourth-order valence-corrected chi connectivity index (χ4v) is 5.01. The summed E-state index contributed by atoms with van der Waals surface area (Å²) in [5.74, 6) is 1.81. The Bertz CT molecular complexity index is 294. The molecule has 0 radical (unpaired) electrons. The Labute approximate surface area is 119 Å². The van der Waals surface area contributed by atoms with E-state index in [2.05, 4.69) is 24.1 Å². The predicted octanol–water partition coefficient (Wildman–Crippen LogP) is 3.28. The van der Waals surface area contributed by atoms with Crippen LogP contribution in [0.15, 0.2) is 0 Å². The van der Waals surface area contributed by atoms with Gasteiger partial charge in [0, 0.05) is 19.1 Å². The van der Waals surface area contributed by atoms with Crippen molar-refractivity contribution in [2.75, 3.05) is 26.2 Å². The maximum atomic E-state index is 4.01. The summed E-state index contributed by atoms with van der Waals surface area (Å²) in [5.41, 5.74) is 0.643. The molecule has 0 aromatic rings. The molecule has 2 bridgehead atoms. The van der Waals surface area contributed by atoms with Crippen molar-refractivity contribution in [1.29, 1.82) is 0 Å². The molecule has 2 heterocycles. The molecule has 110 valence electrons. The lowest BCUT2D eigenvalue weighted by Crippen LogP contribution is -2.47. The molecule has 3 fully saturated rings. The van der Waals surface area contributed by atoms with Crippen molar-refractivity contribution in [3.63, 3.8) is 0 Å². The van der Waals surface area contributed by atoms with Gasteiger partial charge in [-0.25, -0.2) is 0 Å². The van der Waals surface area contributed by atoms with Crippen molar-refractivity contribution in [2.24, 2.45) is 17.3 Å². The van der Waals surface area contributed by atoms with Crippen molar-refractivity contribution in [1.82, 2.24) is 10.2 Å². The first-order valence-corrected chi connectivity index (χ1v) is 8.63. The van der Waals surface area contributed by atoms with E-state index in [9.17, 15) is 0 Å². The third-order valence-electron chi connectivity index (χ3n) is 5.88. The Balaban J connectivity index is 1.54. The minimum atomic E-state index is 0.643. The second kappa shape index (κ2) is 5.73. The monoisotopic (exact) mass is 264 g/mol. The summed E-state index contributed by atoms with van der Waals surface area (Å²) in [6.07, 6.45) is 10.1. The summed E-state index contributed by atoms with van der Waals surface area (Å²) in [4.78, 5) is 2.66. The highest BCUT2D eigenvalue weighted by molar-refractivity contribution is 4.94. The van der Waals surface area contributed by atoms with E-state index in [1.54, 1.807) is 0 Å². The normalized spacial score (nSPS) is 37.1. The fourth-order valence-electron chi connectivity index (χ4n) is 5.01. The highest BCUT2D eigenvalue weighted by Gasteiger charge is 2.38. The first kappa shape index (κ1) is 13.9. The fraction of sp³-hybridized carbons (Fsp3) is 1.00. The van der Waals surface area contributed by atoms with Crippen LogP contribution in [0.3, 0.4) is 0 Å². The topological polar surface area (TPSA) is 15.3 Å². The van der Waals surface area contributed by atoms with Gasteiger partial charge in [0.05, 0.1) is 0 Å². The maximum Gasteiger partial charge on any atom is 0.0120 e. The number of piperidine rings is 1. The van der Waals surface area contributed by atoms with Crippen molar-refractivity contribution in [3.8, 4) is 0 Å². The van der Waals surface area contributed by atoms with Gasteiger partial charge < -0.3 is 10.2 Å². The van der Waals surface area contributed by atoms with Gasteiger partial charge in [-0.05, 0) is 62.4 Å². The lowest BCUT2D eigenvalue weighted by atomic mass is 9.78. The Morgan fingerprint density at radius 3 is 2.63 bits per heavy atom. The molecule has 3 aliphatic rings. The molecule has 0 aromatic heterocycles. The zero-order valence-corrected chi connectivity index (χ0v) is 13.0. The van der Waals surface area contributed by atoms with Crippen LogP contribution in [0.4, 0.5) is 0 Å². The molecule has 0 aromatic carbocycles. The molecule has 1 saturated carbocycles. The van der Waals surface area contributed by atoms with Crippen LogP contribution in [0, 0.1) is 17.3 Å². The third kappa shape index (κ3) is 3.16. The number of nitrogens with zero attached hydrogens (tertiary/aromatic N) is 1. The lowest BCUT2D eigenvalue weighted by Gasteiger charge is -2.37. The Kier molecular flexibility index (Phi) is 4.19. The Morgan fingerprint density at radius 1 is 1.16 bits per heavy atom. The average Bonchev–Trinajstić information content (AvgIpc) is 2.97. The van der Waals surface area contributed by atoms with Gasteiger partial charge in [-0.15, -0.1) is 0 Å². The molecular weight excluding hydrogens is 232 g/mol. The van der Waals surface area contributed by atoms with Crippen molar-refractivity contribution >= 4 is 0 Å². The molecule has 2 saturated heterocycles. The van der Waals surface area contributed by atoms with Gasteiger partial charge in [0.25, 0.3) is 0 Å². The van der Waals surface area contributed by atoms with E-state index in [4.69, 9.17) is 0 Å². The van der Waals surface area contributed by atoms with Crippen LogP contribution < -0.4 is 5.32 Å². The van der Waals surface area contributed by atoms with E-state index in [1.165, 1.54) is 71.1 Å². The average molecular weight is 264 g/mol. The Hall–Kier alpha value is -0.0800. The number of nitrogens with one attached hydrogen (secondary N) is 1. The van der Waals surface area contributed by atoms with Crippen LogP contribution in [-0.4, -0.2) is 37.1 Å². The van der Waals surface area contributed by atoms with Crippen LogP contribution in [0.25, 0.3) is 0 Å². The largest absolute Gasteiger partial charge is 0.313 e. The van der Waals surface area contributed by atoms with E-state index in [0.29, 0.717) is 5.41 Å². The first-order chi connectivity index (χ1) is 9.17. The molecule has 19 heavy (non-hydrogen) atoms. The van der Waals surface area contributed by atoms with Crippen LogP contribution in [0.5, 0.6) is 0 Å². The van der Waals surface area contributed by atoms with Crippen LogP contribution in [0.1, 0.15) is 58.8 Å². The molecule has 0 spiro atoms. The SMILES string of the molecule is CC(C)CC1(CNC2CCN3CCC2C3)CCCC1. The highest BCUT2D eigenvalue weighted by atomic mass is 15.2. The number of fused-ring (bicyclic) bond motifs is 2. The molecule has 1 aliphatic carbocycles. The zero-order chi connectivity index (χ0) is 13.3. The van der Waals surface area contributed by atoms with Gasteiger partial charge in [0.15, 0.2) is 0 Å². The summed E-state index contributed by atoms with van der Waals surface area (Å²) in [6, 6.07) is 0.823. The third-order valence-corrected chi connectivity index (χ3v) is 5.88. The summed E-state index contributed by atoms with van der Waals surface area (Å²) in [6.45, 7) is 10.2. The maximum absolute atomic E-state index is 4.01. The van der Waals surface area contributed by atoms with E-state index >= 15 is 0 Å². The number of hydrogen-bond acceptors (Lipinski definition) is 2. The standard InChI is InChI=1S/C17H32N2/c1-14(2)11-17(7-3-4-8-17)13-18-16-6-10-19-9-5-15(16)12-19/h14-16,18H,3-13H2,1-2H3. The number of hydrogen-bond donors (Lipinski definition) is 1. The molecule has 3 atom stereocenters. The van der Waals surface area contributed by atoms with Gasteiger partial charge in [0.2, 0.25) is 0 Å². The van der Waals surface area contributed by atoms with E-state index in [1.807, 2.05) is 0 Å². The summed E-state index contributed by atoms with van der Waals surface area (Å²) in [7, 11) is 0. The van der Waals surface area contributed by atoms with Gasteiger partial charge in [-0.3, -0.25) is 0 Å². The van der Waals surface area contributed by atoms with Crippen LogP contribution in [-0.2, 0) is 0 Å². The first-order valence-electron chi connectivity index (χ1n) is 8.63. The van der Waals surface area contributed by atoms with Crippen molar-refractivity contribution in [3.05, 3.63) is 0 Å². The van der Waals surface area contributed by atoms with Gasteiger partial charge in [-0.2, -0.15) is 0 Å². The second-order valence-electron chi connectivity index (χ2n) is 7.93. The molecule has 1 N–H and O–H groups in total. The van der Waals surface area contributed by atoms with Crippen molar-refractivity contribution < 1.29 is 0 Å². The Morgan fingerprint density at radius 2 is 1.89 bits per heavy atom. The van der Waals surface area contributed by atoms with Crippen molar-refractivity contribution in [2.45, 2.75) is 64.8 Å². The highest BCUT2D eigenvalue weighted by Crippen LogP contribution is 2.43. The second-order valence-corrected chi connectivity index (χ2v) is 7.93. The van der Waals surface area contributed by atoms with Gasteiger partial charge in [-0.1, -0.05) is 26.7 Å². The predicted molar refractivity (Wildman–Crippen MR) is 81.3 cm³/mol. The van der Waals surface area contributed by atoms with E-state index in [-0.39, 0.29) is 0 Å². The molecule has 2 aliphatic heterocycles. The molecule has 0 amide bonds. The van der Waals surface area contributed by atoms with Crippen LogP contribution >= 0.6 is 0 Å². The molecule has 3 rings (SSSR count). The molecule has 2 heteroatoms. The summed E-state index contributed by atoms with van der Waals surface area (Å²) in [5, 5.41) is 4.01. The molecule has 3 unspecified atom stereocenters. The van der Waals surface area contributed by atoms with Gasteiger partial charge in [0.1, 0.15) is 0 Å². The smallest absolute Gasteiger partial charge is 0.0120 e. The lowest BCUT2D eigenvalue weighted by molar-refractivity contribution is 0.175. The minimum Gasteiger partial charge on any atom is -0.313 e. The quantitative estimate of drug-likeness (QED) is 0.820. The number of rotatable bonds is 5. The summed E-state index contributed by atoms with van der Waals surface area (Å²) < 4.78 is 0. The zero-order valence-electron chi connectivity index (χ0n) is 13.0. The van der Waals surface area contributed by atoms with E-state index < -0.39 is 0 Å².